The number of hydrogen-bond acceptors (Lipinski definition) is 4. The first-order valence-corrected chi connectivity index (χ1v) is 7.94. The van der Waals surface area contributed by atoms with Crippen LogP contribution in [-0.4, -0.2) is 39.8 Å². The molecule has 1 aliphatic rings. The van der Waals surface area contributed by atoms with E-state index in [1.54, 1.807) is 0 Å². The quantitative estimate of drug-likeness (QED) is 0.894. The lowest BCUT2D eigenvalue weighted by Crippen LogP contribution is -2.48. The number of ether oxygens (including phenoxy) is 1. The zero-order chi connectivity index (χ0) is 13.3. The van der Waals surface area contributed by atoms with Gasteiger partial charge in [0.15, 0.2) is 9.84 Å². The van der Waals surface area contributed by atoms with Gasteiger partial charge >= 0.3 is 0 Å². The third-order valence-corrected chi connectivity index (χ3v) is 4.64. The molecule has 0 spiro atoms. The molecular formula is C11H12BrNO4S. The van der Waals surface area contributed by atoms with Gasteiger partial charge in [-0.1, -0.05) is 0 Å². The molecular weight excluding hydrogens is 322 g/mol. The second kappa shape index (κ2) is 4.99. The van der Waals surface area contributed by atoms with Crippen molar-refractivity contribution in [3.05, 3.63) is 28.2 Å². The van der Waals surface area contributed by atoms with E-state index >= 15 is 0 Å². The van der Waals surface area contributed by atoms with Crippen LogP contribution in [0.1, 0.15) is 10.4 Å². The van der Waals surface area contributed by atoms with Crippen LogP contribution in [0.5, 0.6) is 0 Å². The van der Waals surface area contributed by atoms with Gasteiger partial charge < -0.3 is 10.1 Å². The summed E-state index contributed by atoms with van der Waals surface area (Å²) < 4.78 is 28.2. The molecule has 98 valence electrons. The minimum Gasteiger partial charge on any atom is -0.377 e. The van der Waals surface area contributed by atoms with Gasteiger partial charge in [0.1, 0.15) is 0 Å². The lowest BCUT2D eigenvalue weighted by Gasteiger charge is -2.26. The minimum absolute atomic E-state index is 0.0471. The van der Waals surface area contributed by atoms with Crippen molar-refractivity contribution < 1.29 is 17.9 Å². The van der Waals surface area contributed by atoms with E-state index in [9.17, 15) is 13.2 Å². The number of carbonyl (C=O) groups is 1. The Balaban J connectivity index is 2.20. The Hall–Kier alpha value is -0.920. The van der Waals surface area contributed by atoms with E-state index in [0.717, 1.165) is 6.26 Å². The molecule has 18 heavy (non-hydrogen) atoms. The number of amides is 1. The maximum atomic E-state index is 11.8. The van der Waals surface area contributed by atoms with E-state index in [4.69, 9.17) is 4.74 Å². The third-order valence-electron chi connectivity index (χ3n) is 2.57. The highest BCUT2D eigenvalue weighted by Crippen LogP contribution is 2.23. The summed E-state index contributed by atoms with van der Waals surface area (Å²) in [7, 11) is -3.29. The van der Waals surface area contributed by atoms with Gasteiger partial charge in [0.05, 0.1) is 24.2 Å². The van der Waals surface area contributed by atoms with Crippen molar-refractivity contribution in [1.29, 1.82) is 0 Å². The molecule has 0 unspecified atom stereocenters. The number of benzene rings is 1. The SMILES string of the molecule is CS(=O)(=O)c1ccc(C(=O)NC2COC2)cc1Br. The van der Waals surface area contributed by atoms with Gasteiger partial charge in [-0.05, 0) is 34.1 Å². The van der Waals surface area contributed by atoms with Crippen LogP contribution in [0.2, 0.25) is 0 Å². The molecule has 1 fully saturated rings. The fourth-order valence-corrected chi connectivity index (χ4v) is 3.52. The third kappa shape index (κ3) is 2.90. The molecule has 1 aromatic carbocycles. The van der Waals surface area contributed by atoms with Crippen LogP contribution in [0, 0.1) is 0 Å². The molecule has 1 aliphatic heterocycles. The maximum absolute atomic E-state index is 11.8. The Labute approximate surface area is 114 Å². The van der Waals surface area contributed by atoms with Crippen LogP contribution in [0.15, 0.2) is 27.6 Å². The van der Waals surface area contributed by atoms with Crippen LogP contribution in [0.25, 0.3) is 0 Å². The standard InChI is InChI=1S/C11H12BrNO4S/c1-18(15,16)10-3-2-7(4-9(10)12)11(14)13-8-5-17-6-8/h2-4,8H,5-6H2,1H3,(H,13,14). The van der Waals surface area contributed by atoms with Crippen LogP contribution in [-0.2, 0) is 14.6 Å². The fourth-order valence-electron chi connectivity index (χ4n) is 1.53. The van der Waals surface area contributed by atoms with E-state index in [1.807, 2.05) is 0 Å². The minimum atomic E-state index is -3.29. The molecule has 7 heteroatoms. The number of nitrogens with one attached hydrogen (secondary N) is 1. The van der Waals surface area contributed by atoms with E-state index in [-0.39, 0.29) is 16.8 Å². The van der Waals surface area contributed by atoms with E-state index < -0.39 is 9.84 Å². The molecule has 0 atom stereocenters. The molecule has 1 N–H and O–H groups in total. The summed E-state index contributed by atoms with van der Waals surface area (Å²) in [5.41, 5.74) is 0.418. The van der Waals surface area contributed by atoms with Crippen molar-refractivity contribution in [1.82, 2.24) is 5.32 Å². The summed E-state index contributed by atoms with van der Waals surface area (Å²) in [6, 6.07) is 4.47. The zero-order valence-corrected chi connectivity index (χ0v) is 12.0. The molecule has 1 aromatic rings. The number of carbonyl (C=O) groups excluding carboxylic acids is 1. The number of halogens is 1. The Morgan fingerprint density at radius 2 is 2.11 bits per heavy atom. The van der Waals surface area contributed by atoms with Gasteiger partial charge in [0.25, 0.3) is 5.91 Å². The van der Waals surface area contributed by atoms with E-state index in [2.05, 4.69) is 21.2 Å². The van der Waals surface area contributed by atoms with Gasteiger partial charge in [-0.3, -0.25) is 4.79 Å². The normalized spacial score (nSPS) is 16.1. The zero-order valence-electron chi connectivity index (χ0n) is 9.64. The second-order valence-electron chi connectivity index (χ2n) is 4.13. The molecule has 0 saturated carbocycles. The molecule has 5 nitrogen and oxygen atoms in total. The predicted molar refractivity (Wildman–Crippen MR) is 69.3 cm³/mol. The van der Waals surface area contributed by atoms with Gasteiger partial charge in [-0.15, -0.1) is 0 Å². The maximum Gasteiger partial charge on any atom is 0.251 e. The monoisotopic (exact) mass is 333 g/mol. The van der Waals surface area contributed by atoms with Crippen molar-refractivity contribution >= 4 is 31.7 Å². The van der Waals surface area contributed by atoms with Crippen LogP contribution >= 0.6 is 15.9 Å². The molecule has 0 aliphatic carbocycles. The predicted octanol–water partition coefficient (Wildman–Crippen LogP) is 0.981. The highest BCUT2D eigenvalue weighted by molar-refractivity contribution is 9.10. The molecule has 0 aromatic heterocycles. The van der Waals surface area contributed by atoms with Crippen molar-refractivity contribution in [2.24, 2.45) is 0 Å². The Kier molecular flexibility index (Phi) is 3.74. The number of hydrogen-bond donors (Lipinski definition) is 1. The van der Waals surface area contributed by atoms with E-state index in [1.165, 1.54) is 18.2 Å². The van der Waals surface area contributed by atoms with Crippen molar-refractivity contribution in [3.63, 3.8) is 0 Å². The van der Waals surface area contributed by atoms with E-state index in [0.29, 0.717) is 23.2 Å². The first-order chi connectivity index (χ1) is 8.38. The summed E-state index contributed by atoms with van der Waals surface area (Å²) >= 11 is 3.16. The highest BCUT2D eigenvalue weighted by atomic mass is 79.9. The lowest BCUT2D eigenvalue weighted by molar-refractivity contribution is -0.00346. The molecule has 2 rings (SSSR count). The van der Waals surface area contributed by atoms with Gasteiger partial charge in [-0.25, -0.2) is 8.42 Å². The Morgan fingerprint density at radius 1 is 1.44 bits per heavy atom. The number of sulfone groups is 1. The summed E-state index contributed by atoms with van der Waals surface area (Å²) in [5.74, 6) is -0.232. The first kappa shape index (κ1) is 13.5. The van der Waals surface area contributed by atoms with Crippen molar-refractivity contribution in [3.8, 4) is 0 Å². The topological polar surface area (TPSA) is 72.5 Å². The summed E-state index contributed by atoms with van der Waals surface area (Å²) in [4.78, 5) is 12.0. The van der Waals surface area contributed by atoms with Crippen LogP contribution in [0.4, 0.5) is 0 Å². The number of rotatable bonds is 3. The first-order valence-electron chi connectivity index (χ1n) is 5.26. The average Bonchev–Trinajstić information content (AvgIpc) is 2.21. The van der Waals surface area contributed by atoms with Gasteiger partial charge in [0.2, 0.25) is 0 Å². The largest absolute Gasteiger partial charge is 0.377 e. The highest BCUT2D eigenvalue weighted by Gasteiger charge is 2.22. The average molecular weight is 334 g/mol. The van der Waals surface area contributed by atoms with Gasteiger partial charge in [0, 0.05) is 16.3 Å². The van der Waals surface area contributed by atoms with Crippen molar-refractivity contribution in [2.45, 2.75) is 10.9 Å². The Morgan fingerprint density at radius 3 is 2.56 bits per heavy atom. The summed E-state index contributed by atoms with van der Waals surface area (Å²) in [6.07, 6.45) is 1.12. The van der Waals surface area contributed by atoms with Gasteiger partial charge in [-0.2, -0.15) is 0 Å². The van der Waals surface area contributed by atoms with Crippen LogP contribution < -0.4 is 5.32 Å². The molecule has 0 bridgehead atoms. The van der Waals surface area contributed by atoms with Crippen molar-refractivity contribution in [2.75, 3.05) is 19.5 Å². The smallest absolute Gasteiger partial charge is 0.251 e. The molecule has 1 saturated heterocycles. The Bertz CT molecular complexity index is 581. The second-order valence-corrected chi connectivity index (χ2v) is 6.96. The lowest BCUT2D eigenvalue weighted by atomic mass is 10.2. The fraction of sp³-hybridized carbons (Fsp3) is 0.364. The summed E-state index contributed by atoms with van der Waals surface area (Å²) in [6.45, 7) is 1.04. The molecule has 1 heterocycles. The summed E-state index contributed by atoms with van der Waals surface area (Å²) in [5, 5.41) is 2.78. The molecule has 1 amide bonds. The van der Waals surface area contributed by atoms with Crippen LogP contribution in [0.3, 0.4) is 0 Å². The molecule has 0 radical (unpaired) electrons.